The van der Waals surface area contributed by atoms with Crippen molar-refractivity contribution in [1.29, 1.82) is 0 Å². The number of halogens is 1. The van der Waals surface area contributed by atoms with E-state index in [1.807, 2.05) is 6.92 Å². The zero-order valence-electron chi connectivity index (χ0n) is 8.49. The molecule has 0 fully saturated rings. The minimum Gasteiger partial charge on any atom is -0.293 e. The molecule has 2 rings (SSSR count). The number of carbonyl (C=O) groups excluding carboxylic acids is 1. The van der Waals surface area contributed by atoms with Crippen LogP contribution in [0.4, 0.5) is 0 Å². The molecule has 0 aromatic carbocycles. The molecule has 0 aliphatic carbocycles. The maximum Gasteiger partial charge on any atom is 0.178 e. The van der Waals surface area contributed by atoms with Gasteiger partial charge in [0.25, 0.3) is 0 Å². The van der Waals surface area contributed by atoms with E-state index in [1.165, 1.54) is 6.92 Å². The zero-order valence-corrected chi connectivity index (χ0v) is 10.1. The predicted octanol–water partition coefficient (Wildman–Crippen LogP) is 2.26. The molecule has 0 unspecified atom stereocenters. The summed E-state index contributed by atoms with van der Waals surface area (Å²) in [7, 11) is 0. The molecule has 2 aromatic rings. The summed E-state index contributed by atoms with van der Waals surface area (Å²) in [6.45, 7) is 3.54. The van der Waals surface area contributed by atoms with E-state index in [1.54, 1.807) is 16.6 Å². The van der Waals surface area contributed by atoms with Crippen LogP contribution in [0.3, 0.4) is 0 Å². The van der Waals surface area contributed by atoms with Crippen LogP contribution in [0.2, 0.25) is 0 Å². The summed E-state index contributed by atoms with van der Waals surface area (Å²) in [5.41, 5.74) is 2.18. The number of carbonyl (C=O) groups is 1. The van der Waals surface area contributed by atoms with Gasteiger partial charge in [0.05, 0.1) is 0 Å². The number of hydrogen-bond donors (Lipinski definition) is 0. The molecule has 0 aliphatic heterocycles. The molecule has 78 valence electrons. The molecule has 2 heterocycles. The second-order valence-electron chi connectivity index (χ2n) is 3.28. The van der Waals surface area contributed by atoms with Crippen molar-refractivity contribution in [2.75, 3.05) is 0 Å². The van der Waals surface area contributed by atoms with Gasteiger partial charge in [-0.25, -0.2) is 9.50 Å². The lowest BCUT2D eigenvalue weighted by Gasteiger charge is -2.03. The van der Waals surface area contributed by atoms with Gasteiger partial charge in [0.2, 0.25) is 0 Å². The van der Waals surface area contributed by atoms with Gasteiger partial charge in [0, 0.05) is 18.7 Å². The van der Waals surface area contributed by atoms with E-state index in [-0.39, 0.29) is 5.78 Å². The Morgan fingerprint density at radius 3 is 2.87 bits per heavy atom. The Bertz CT molecular complexity index is 533. The molecule has 0 bridgehead atoms. The van der Waals surface area contributed by atoms with Gasteiger partial charge in [-0.3, -0.25) is 4.79 Å². The molecule has 0 radical (unpaired) electrons. The van der Waals surface area contributed by atoms with Gasteiger partial charge >= 0.3 is 0 Å². The van der Waals surface area contributed by atoms with Crippen LogP contribution < -0.4 is 0 Å². The third kappa shape index (κ3) is 1.79. The Morgan fingerprint density at radius 1 is 1.53 bits per heavy atom. The first kappa shape index (κ1) is 10.3. The summed E-state index contributed by atoms with van der Waals surface area (Å²) in [5.74, 6) is -0.0236. The molecule has 0 N–H and O–H groups in total. The van der Waals surface area contributed by atoms with Crippen LogP contribution in [0.15, 0.2) is 16.7 Å². The molecular formula is C10H10BrN3O. The van der Waals surface area contributed by atoms with Gasteiger partial charge in [0.1, 0.15) is 10.3 Å². The fraction of sp³-hybridized carbons (Fsp3) is 0.300. The van der Waals surface area contributed by atoms with E-state index in [0.29, 0.717) is 11.3 Å². The summed E-state index contributed by atoms with van der Waals surface area (Å²) in [4.78, 5) is 15.5. The lowest BCUT2D eigenvalue weighted by Crippen LogP contribution is -2.05. The van der Waals surface area contributed by atoms with Crippen LogP contribution in [-0.2, 0) is 6.42 Å². The first-order valence-corrected chi connectivity index (χ1v) is 5.47. The molecule has 0 saturated heterocycles. The predicted molar refractivity (Wildman–Crippen MR) is 60.1 cm³/mol. The Labute approximate surface area is 95.4 Å². The molecule has 0 saturated carbocycles. The van der Waals surface area contributed by atoms with Crippen LogP contribution in [0.25, 0.3) is 5.65 Å². The molecule has 0 spiro atoms. The number of aryl methyl sites for hydroxylation is 1. The van der Waals surface area contributed by atoms with Crippen LogP contribution in [-0.4, -0.2) is 20.4 Å². The topological polar surface area (TPSA) is 47.3 Å². The number of fused-ring (bicyclic) bond motifs is 1. The number of nitrogens with zero attached hydrogens (tertiary/aromatic N) is 3. The fourth-order valence-corrected chi connectivity index (χ4v) is 1.80. The lowest BCUT2D eigenvalue weighted by atomic mass is 10.2. The highest BCUT2D eigenvalue weighted by Gasteiger charge is 2.09. The smallest absolute Gasteiger partial charge is 0.178 e. The van der Waals surface area contributed by atoms with E-state index in [0.717, 1.165) is 16.7 Å². The number of hydrogen-bond acceptors (Lipinski definition) is 3. The summed E-state index contributed by atoms with van der Waals surface area (Å²) in [5, 5.41) is 4.24. The maximum absolute atomic E-state index is 11.3. The molecular weight excluding hydrogens is 258 g/mol. The van der Waals surface area contributed by atoms with Crippen molar-refractivity contribution in [2.24, 2.45) is 0 Å². The highest BCUT2D eigenvalue weighted by Crippen LogP contribution is 2.14. The highest BCUT2D eigenvalue weighted by molar-refractivity contribution is 9.10. The SMILES string of the molecule is CCc1cc(C(C)=O)nc2cc(Br)nn12. The highest BCUT2D eigenvalue weighted by atomic mass is 79.9. The van der Waals surface area contributed by atoms with Crippen molar-refractivity contribution in [3.8, 4) is 0 Å². The van der Waals surface area contributed by atoms with Crippen molar-refractivity contribution in [3.63, 3.8) is 0 Å². The number of ketones is 1. The standard InChI is InChI=1S/C10H10BrN3O/c1-3-7-4-8(6(2)15)12-10-5-9(11)13-14(7)10/h4-5H,3H2,1-2H3. The van der Waals surface area contributed by atoms with Gasteiger partial charge < -0.3 is 0 Å². The van der Waals surface area contributed by atoms with Crippen molar-refractivity contribution >= 4 is 27.4 Å². The second-order valence-corrected chi connectivity index (χ2v) is 4.09. The molecule has 5 heteroatoms. The molecule has 2 aromatic heterocycles. The largest absolute Gasteiger partial charge is 0.293 e. The van der Waals surface area contributed by atoms with Gasteiger partial charge in [-0.15, -0.1) is 0 Å². The Hall–Kier alpha value is -1.23. The van der Waals surface area contributed by atoms with Crippen LogP contribution in [0.1, 0.15) is 30.0 Å². The van der Waals surface area contributed by atoms with E-state index in [4.69, 9.17) is 0 Å². The summed E-state index contributed by atoms with van der Waals surface area (Å²) in [6.07, 6.45) is 0.813. The maximum atomic E-state index is 11.3. The van der Waals surface area contributed by atoms with Crippen molar-refractivity contribution in [1.82, 2.24) is 14.6 Å². The first-order chi connectivity index (χ1) is 7.11. The van der Waals surface area contributed by atoms with Gasteiger partial charge in [-0.05, 0) is 28.4 Å². The summed E-state index contributed by atoms with van der Waals surface area (Å²) >= 11 is 3.29. The summed E-state index contributed by atoms with van der Waals surface area (Å²) in [6, 6.07) is 3.58. The van der Waals surface area contributed by atoms with E-state index in [9.17, 15) is 4.79 Å². The summed E-state index contributed by atoms with van der Waals surface area (Å²) < 4.78 is 2.47. The number of aromatic nitrogens is 3. The normalized spacial score (nSPS) is 10.9. The molecule has 4 nitrogen and oxygen atoms in total. The van der Waals surface area contributed by atoms with E-state index in [2.05, 4.69) is 26.0 Å². The Balaban J connectivity index is 2.76. The Morgan fingerprint density at radius 2 is 2.27 bits per heavy atom. The molecule has 0 aliphatic rings. The zero-order chi connectivity index (χ0) is 11.0. The van der Waals surface area contributed by atoms with Crippen LogP contribution >= 0.6 is 15.9 Å². The van der Waals surface area contributed by atoms with E-state index >= 15 is 0 Å². The molecule has 0 amide bonds. The van der Waals surface area contributed by atoms with Gasteiger partial charge in [-0.2, -0.15) is 5.10 Å². The molecule has 0 atom stereocenters. The van der Waals surface area contributed by atoms with E-state index < -0.39 is 0 Å². The quantitative estimate of drug-likeness (QED) is 0.785. The second kappa shape index (κ2) is 3.73. The average molecular weight is 268 g/mol. The first-order valence-electron chi connectivity index (χ1n) is 4.68. The van der Waals surface area contributed by atoms with Gasteiger partial charge in [0.15, 0.2) is 11.4 Å². The number of Topliss-reactive ketones (excluding diaryl/α,β-unsaturated/α-hetero) is 1. The average Bonchev–Trinajstić information content (AvgIpc) is 2.56. The van der Waals surface area contributed by atoms with Crippen LogP contribution in [0, 0.1) is 0 Å². The monoisotopic (exact) mass is 267 g/mol. The third-order valence-electron chi connectivity index (χ3n) is 2.19. The van der Waals surface area contributed by atoms with Gasteiger partial charge in [-0.1, -0.05) is 6.92 Å². The third-order valence-corrected chi connectivity index (χ3v) is 2.58. The lowest BCUT2D eigenvalue weighted by molar-refractivity contribution is 0.101. The van der Waals surface area contributed by atoms with Crippen molar-refractivity contribution in [3.05, 3.63) is 28.1 Å². The van der Waals surface area contributed by atoms with Crippen molar-refractivity contribution < 1.29 is 4.79 Å². The molecule has 15 heavy (non-hydrogen) atoms. The minimum atomic E-state index is -0.0236. The minimum absolute atomic E-state index is 0.0236. The Kier molecular flexibility index (Phi) is 2.56. The van der Waals surface area contributed by atoms with Crippen molar-refractivity contribution in [2.45, 2.75) is 20.3 Å². The van der Waals surface area contributed by atoms with Crippen LogP contribution in [0.5, 0.6) is 0 Å². The fourth-order valence-electron chi connectivity index (χ4n) is 1.44. The number of rotatable bonds is 2.